The van der Waals surface area contributed by atoms with Gasteiger partial charge in [-0.25, -0.2) is 13.2 Å². The number of hydrogen-bond acceptors (Lipinski definition) is 7. The van der Waals surface area contributed by atoms with E-state index in [2.05, 4.69) is 20.3 Å². The van der Waals surface area contributed by atoms with Crippen molar-refractivity contribution in [3.8, 4) is 5.75 Å². The molecule has 0 aromatic heterocycles. The largest absolute Gasteiger partial charge is 0.497 e. The van der Waals surface area contributed by atoms with E-state index in [1.165, 1.54) is 19.2 Å². The molecule has 1 amide bonds. The molecule has 0 bridgehead atoms. The minimum absolute atomic E-state index is 0.0253. The van der Waals surface area contributed by atoms with Gasteiger partial charge >= 0.3 is 12.1 Å². The lowest BCUT2D eigenvalue weighted by atomic mass is 10.1. The Hall–Kier alpha value is -3.52. The standard InChI is InChI=1S/C22H30N4O4S.C2HF3O2/c1-4-16(2)24-22(27)17-8-9-21(26-12-10-23-11-13-26)20(14-17)25-31(28,29)19-7-5-6-18(15-19)30-3;3-2(4,5)1(6)7/h5-9,14-16,23,25H,4,10-13H2,1-3H3,(H,24,27);(H,6,7). The number of halogens is 3. The number of ether oxygens (including phenoxy) is 1. The molecule has 0 aliphatic carbocycles. The number of benzene rings is 2. The third-order valence-electron chi connectivity index (χ3n) is 5.54. The summed E-state index contributed by atoms with van der Waals surface area (Å²) in [6, 6.07) is 11.5. The van der Waals surface area contributed by atoms with Gasteiger partial charge in [0.15, 0.2) is 0 Å². The second-order valence-electron chi connectivity index (χ2n) is 8.34. The zero-order valence-corrected chi connectivity index (χ0v) is 21.9. The molecule has 1 fully saturated rings. The van der Waals surface area contributed by atoms with E-state index >= 15 is 0 Å². The van der Waals surface area contributed by atoms with Crippen LogP contribution in [0, 0.1) is 0 Å². The highest BCUT2D eigenvalue weighted by atomic mass is 32.2. The van der Waals surface area contributed by atoms with E-state index in [-0.39, 0.29) is 16.8 Å². The first-order valence-corrected chi connectivity index (χ1v) is 13.1. The lowest BCUT2D eigenvalue weighted by Gasteiger charge is -2.31. The van der Waals surface area contributed by atoms with E-state index in [4.69, 9.17) is 14.6 Å². The molecule has 1 atom stereocenters. The van der Waals surface area contributed by atoms with Gasteiger partial charge in [-0.05, 0) is 43.7 Å². The first-order chi connectivity index (χ1) is 17.8. The third-order valence-corrected chi connectivity index (χ3v) is 6.91. The quantitative estimate of drug-likeness (QED) is 0.387. The van der Waals surface area contributed by atoms with Crippen molar-refractivity contribution in [1.82, 2.24) is 10.6 Å². The van der Waals surface area contributed by atoms with E-state index in [0.717, 1.165) is 38.3 Å². The number of sulfonamides is 1. The van der Waals surface area contributed by atoms with Crippen molar-refractivity contribution in [3.63, 3.8) is 0 Å². The van der Waals surface area contributed by atoms with Crippen LogP contribution in [0.5, 0.6) is 5.75 Å². The molecule has 1 aliphatic heterocycles. The molecule has 38 heavy (non-hydrogen) atoms. The molecule has 1 aliphatic rings. The number of methoxy groups -OCH3 is 1. The average molecular weight is 561 g/mol. The van der Waals surface area contributed by atoms with Crippen molar-refractivity contribution >= 4 is 33.3 Å². The van der Waals surface area contributed by atoms with Crippen molar-refractivity contribution in [1.29, 1.82) is 0 Å². The fourth-order valence-electron chi connectivity index (χ4n) is 3.32. The Balaban J connectivity index is 0.000000638. The average Bonchev–Trinajstić information content (AvgIpc) is 2.88. The van der Waals surface area contributed by atoms with Gasteiger partial charge in [0.2, 0.25) is 0 Å². The van der Waals surface area contributed by atoms with Gasteiger partial charge in [0.25, 0.3) is 15.9 Å². The molecule has 0 radical (unpaired) electrons. The van der Waals surface area contributed by atoms with Crippen molar-refractivity contribution in [3.05, 3.63) is 48.0 Å². The number of alkyl halides is 3. The zero-order chi connectivity index (χ0) is 28.5. The summed E-state index contributed by atoms with van der Waals surface area (Å²) >= 11 is 0. The van der Waals surface area contributed by atoms with E-state index in [1.807, 2.05) is 13.8 Å². The Morgan fingerprint density at radius 1 is 1.16 bits per heavy atom. The molecular formula is C24H31F3N4O6S. The monoisotopic (exact) mass is 560 g/mol. The molecule has 0 saturated carbocycles. The fraction of sp³-hybridized carbons (Fsp3) is 0.417. The Kier molecular flexibility index (Phi) is 10.8. The molecule has 4 N–H and O–H groups in total. The molecule has 2 aromatic rings. The predicted molar refractivity (Wildman–Crippen MR) is 136 cm³/mol. The van der Waals surface area contributed by atoms with Crippen LogP contribution in [0.3, 0.4) is 0 Å². The van der Waals surface area contributed by atoms with Crippen LogP contribution in [-0.4, -0.2) is 70.9 Å². The third kappa shape index (κ3) is 8.80. The maximum Gasteiger partial charge on any atom is 0.490 e. The SMILES string of the molecule is CCC(C)NC(=O)c1ccc(N2CCNCC2)c(NS(=O)(=O)c2cccc(OC)c2)c1.O=C(O)C(F)(F)F. The van der Waals surface area contributed by atoms with E-state index < -0.39 is 22.2 Å². The summed E-state index contributed by atoms with van der Waals surface area (Å²) in [5.41, 5.74) is 1.53. The zero-order valence-electron chi connectivity index (χ0n) is 21.1. The summed E-state index contributed by atoms with van der Waals surface area (Å²) in [6.45, 7) is 7.01. The van der Waals surface area contributed by atoms with E-state index in [0.29, 0.717) is 17.0 Å². The number of carboxylic acids is 1. The first-order valence-electron chi connectivity index (χ1n) is 11.7. The number of carbonyl (C=O) groups excluding carboxylic acids is 1. The summed E-state index contributed by atoms with van der Waals surface area (Å²) in [5, 5.41) is 13.3. The van der Waals surface area contributed by atoms with Crippen LogP contribution in [0.15, 0.2) is 47.4 Å². The Labute approximate surface area is 219 Å². The van der Waals surface area contributed by atoms with Crippen LogP contribution in [0.1, 0.15) is 30.6 Å². The second-order valence-corrected chi connectivity index (χ2v) is 10.0. The number of rotatable bonds is 8. The summed E-state index contributed by atoms with van der Waals surface area (Å²) in [5.74, 6) is -2.54. The number of hydrogen-bond donors (Lipinski definition) is 4. The van der Waals surface area contributed by atoms with Gasteiger partial charge in [-0.1, -0.05) is 13.0 Å². The van der Waals surface area contributed by atoms with Crippen molar-refractivity contribution in [2.45, 2.75) is 37.4 Å². The molecule has 1 saturated heterocycles. The van der Waals surface area contributed by atoms with Gasteiger partial charge in [-0.15, -0.1) is 0 Å². The Bertz CT molecular complexity index is 1220. The second kappa shape index (κ2) is 13.3. The highest BCUT2D eigenvalue weighted by molar-refractivity contribution is 7.92. The molecular weight excluding hydrogens is 529 g/mol. The lowest BCUT2D eigenvalue weighted by Crippen LogP contribution is -2.43. The summed E-state index contributed by atoms with van der Waals surface area (Å²) in [6.07, 6.45) is -4.28. The van der Waals surface area contributed by atoms with Crippen LogP contribution in [0.4, 0.5) is 24.5 Å². The summed E-state index contributed by atoms with van der Waals surface area (Å²) in [4.78, 5) is 23.7. The summed E-state index contributed by atoms with van der Waals surface area (Å²) in [7, 11) is -2.39. The van der Waals surface area contributed by atoms with Crippen molar-refractivity contribution in [2.24, 2.45) is 0 Å². The van der Waals surface area contributed by atoms with Crippen LogP contribution in [0.25, 0.3) is 0 Å². The first kappa shape index (κ1) is 30.7. The number of nitrogens with one attached hydrogen (secondary N) is 3. The van der Waals surface area contributed by atoms with Gasteiger partial charge < -0.3 is 25.4 Å². The maximum absolute atomic E-state index is 13.1. The van der Waals surface area contributed by atoms with E-state index in [1.54, 1.807) is 30.3 Å². The number of aliphatic carboxylic acids is 1. The normalized spacial score (nSPS) is 14.5. The number of carbonyl (C=O) groups is 2. The molecule has 0 spiro atoms. The lowest BCUT2D eigenvalue weighted by molar-refractivity contribution is -0.192. The van der Waals surface area contributed by atoms with E-state index in [9.17, 15) is 26.4 Å². The predicted octanol–water partition coefficient (Wildman–Crippen LogP) is 3.07. The van der Waals surface area contributed by atoms with Crippen LogP contribution in [0.2, 0.25) is 0 Å². The van der Waals surface area contributed by atoms with Gasteiger partial charge in [-0.2, -0.15) is 13.2 Å². The highest BCUT2D eigenvalue weighted by Crippen LogP contribution is 2.30. The Morgan fingerprint density at radius 3 is 2.34 bits per heavy atom. The molecule has 1 unspecified atom stereocenters. The van der Waals surface area contributed by atoms with Gasteiger partial charge in [0.1, 0.15) is 5.75 Å². The van der Waals surface area contributed by atoms with Crippen molar-refractivity contribution in [2.75, 3.05) is 42.9 Å². The molecule has 14 heteroatoms. The van der Waals surface area contributed by atoms with Gasteiger partial charge in [0, 0.05) is 43.9 Å². The minimum Gasteiger partial charge on any atom is -0.497 e. The summed E-state index contributed by atoms with van der Waals surface area (Å²) < 4.78 is 65.8. The van der Waals surface area contributed by atoms with Gasteiger partial charge in [0.05, 0.1) is 23.4 Å². The van der Waals surface area contributed by atoms with Crippen LogP contribution in [-0.2, 0) is 14.8 Å². The number of anilines is 2. The van der Waals surface area contributed by atoms with Crippen LogP contribution >= 0.6 is 0 Å². The highest BCUT2D eigenvalue weighted by Gasteiger charge is 2.38. The number of carboxylic acid groups (broad SMARTS) is 1. The molecule has 3 rings (SSSR count). The number of piperazine rings is 1. The molecule has 210 valence electrons. The smallest absolute Gasteiger partial charge is 0.490 e. The van der Waals surface area contributed by atoms with Gasteiger partial charge in [-0.3, -0.25) is 9.52 Å². The van der Waals surface area contributed by atoms with Crippen molar-refractivity contribution < 1.29 is 41.0 Å². The maximum atomic E-state index is 13.1. The fourth-order valence-corrected chi connectivity index (χ4v) is 4.42. The topological polar surface area (TPSA) is 137 Å². The minimum atomic E-state index is -5.08. The molecule has 10 nitrogen and oxygen atoms in total. The number of amides is 1. The Morgan fingerprint density at radius 2 is 1.79 bits per heavy atom. The number of nitrogens with zero attached hydrogens (tertiary/aromatic N) is 1. The van der Waals surface area contributed by atoms with Crippen LogP contribution < -0.4 is 25.0 Å². The molecule has 2 aromatic carbocycles. The molecule has 1 heterocycles.